The van der Waals surface area contributed by atoms with Gasteiger partial charge in [0, 0.05) is 57.1 Å². The number of carbonyl (C=O) groups excluding carboxylic acids is 1. The lowest BCUT2D eigenvalue weighted by molar-refractivity contribution is -0.147. The first-order valence-corrected chi connectivity index (χ1v) is 11.8. The summed E-state index contributed by atoms with van der Waals surface area (Å²) in [5.41, 5.74) is 2.20. The molecule has 1 unspecified atom stereocenters. The van der Waals surface area contributed by atoms with Crippen LogP contribution in [0.4, 0.5) is 0 Å². The zero-order valence-corrected chi connectivity index (χ0v) is 19.6. The molecule has 2 aliphatic heterocycles. The van der Waals surface area contributed by atoms with Gasteiger partial charge in [-0.1, -0.05) is 12.1 Å². The molecule has 0 N–H and O–H groups in total. The van der Waals surface area contributed by atoms with Crippen molar-refractivity contribution in [1.29, 1.82) is 0 Å². The Balaban J connectivity index is 1.25. The molecule has 1 aromatic heterocycles. The molecule has 0 bridgehead atoms. The highest BCUT2D eigenvalue weighted by Crippen LogP contribution is 2.31. The predicted octanol–water partition coefficient (Wildman–Crippen LogP) is 4.49. The molecule has 32 heavy (non-hydrogen) atoms. The van der Waals surface area contributed by atoms with E-state index >= 15 is 0 Å². The molecule has 2 saturated heterocycles. The van der Waals surface area contributed by atoms with Gasteiger partial charge in [-0.15, -0.1) is 0 Å². The minimum Gasteiger partial charge on any atom is -0.490 e. The Kier molecular flexibility index (Phi) is 7.21. The van der Waals surface area contributed by atoms with Crippen LogP contribution in [0.25, 0.3) is 0 Å². The van der Waals surface area contributed by atoms with Crippen molar-refractivity contribution >= 4 is 5.91 Å². The Morgan fingerprint density at radius 3 is 2.66 bits per heavy atom. The second-order valence-electron chi connectivity index (χ2n) is 9.89. The van der Waals surface area contributed by atoms with E-state index in [2.05, 4.69) is 44.0 Å². The number of hydrogen-bond acceptors (Lipinski definition) is 5. The van der Waals surface area contributed by atoms with Gasteiger partial charge in [-0.05, 0) is 57.5 Å². The van der Waals surface area contributed by atoms with Crippen molar-refractivity contribution in [2.75, 3.05) is 26.7 Å². The van der Waals surface area contributed by atoms with E-state index in [4.69, 9.17) is 13.9 Å². The van der Waals surface area contributed by atoms with Crippen molar-refractivity contribution in [3.05, 3.63) is 54.0 Å². The topological polar surface area (TPSA) is 55.2 Å². The van der Waals surface area contributed by atoms with Crippen LogP contribution in [0.3, 0.4) is 0 Å². The highest BCUT2D eigenvalue weighted by atomic mass is 16.5. The maximum atomic E-state index is 13.0. The maximum Gasteiger partial charge on any atom is 0.225 e. The highest BCUT2D eigenvalue weighted by molar-refractivity contribution is 5.79. The zero-order chi connectivity index (χ0) is 22.6. The fourth-order valence-electron chi connectivity index (χ4n) is 4.87. The van der Waals surface area contributed by atoms with Crippen LogP contribution < -0.4 is 4.74 Å². The minimum absolute atomic E-state index is 0.0898. The molecule has 2 aromatic rings. The summed E-state index contributed by atoms with van der Waals surface area (Å²) >= 11 is 0. The highest BCUT2D eigenvalue weighted by Gasteiger charge is 2.36. The number of carbonyl (C=O) groups is 1. The van der Waals surface area contributed by atoms with Crippen LogP contribution in [-0.4, -0.2) is 54.2 Å². The third kappa shape index (κ3) is 6.14. The van der Waals surface area contributed by atoms with Crippen molar-refractivity contribution in [3.8, 4) is 5.75 Å². The molecule has 0 aliphatic carbocycles. The van der Waals surface area contributed by atoms with Gasteiger partial charge >= 0.3 is 0 Å². The maximum absolute atomic E-state index is 13.0. The van der Waals surface area contributed by atoms with E-state index in [1.165, 1.54) is 11.1 Å². The lowest BCUT2D eigenvalue weighted by atomic mass is 9.87. The standard InChI is InChI=1S/C26H36N2O4/c1-26(2)16-22(10-14-31-26)25(29)28-11-7-23(8-12-28)32-24-6-4-5-20(15-24)17-27(3)18-21-9-13-30-19-21/h4-6,9,13,15,19,22-23H,7-8,10-12,14,16-18H2,1-3H3. The first-order valence-electron chi connectivity index (χ1n) is 11.8. The second-order valence-corrected chi connectivity index (χ2v) is 9.89. The molecule has 0 radical (unpaired) electrons. The van der Waals surface area contributed by atoms with Crippen LogP contribution in [0, 0.1) is 5.92 Å². The van der Waals surface area contributed by atoms with Crippen LogP contribution >= 0.6 is 0 Å². The fourth-order valence-corrected chi connectivity index (χ4v) is 4.87. The van der Waals surface area contributed by atoms with Gasteiger partial charge in [0.05, 0.1) is 18.1 Å². The number of ether oxygens (including phenoxy) is 2. The molecule has 1 atom stereocenters. The molecule has 2 fully saturated rings. The smallest absolute Gasteiger partial charge is 0.225 e. The Morgan fingerprint density at radius 2 is 1.94 bits per heavy atom. The number of benzene rings is 1. The van der Waals surface area contributed by atoms with Crippen molar-refractivity contribution in [1.82, 2.24) is 9.80 Å². The SMILES string of the molecule is CN(Cc1ccoc1)Cc1cccc(OC2CCN(C(=O)C3CCOC(C)(C)C3)CC2)c1. The largest absolute Gasteiger partial charge is 0.490 e. The van der Waals surface area contributed by atoms with Gasteiger partial charge in [0.1, 0.15) is 11.9 Å². The third-order valence-corrected chi connectivity index (χ3v) is 6.49. The van der Waals surface area contributed by atoms with E-state index in [1.54, 1.807) is 12.5 Å². The summed E-state index contributed by atoms with van der Waals surface area (Å²) in [6.45, 7) is 8.07. The first-order chi connectivity index (χ1) is 15.4. The van der Waals surface area contributed by atoms with E-state index < -0.39 is 0 Å². The van der Waals surface area contributed by atoms with Crippen LogP contribution in [0.5, 0.6) is 5.75 Å². The van der Waals surface area contributed by atoms with Crippen LogP contribution in [0.2, 0.25) is 0 Å². The first kappa shape index (κ1) is 22.9. The summed E-state index contributed by atoms with van der Waals surface area (Å²) in [4.78, 5) is 17.3. The number of nitrogens with zero attached hydrogens (tertiary/aromatic N) is 2. The molecular formula is C26H36N2O4. The summed E-state index contributed by atoms with van der Waals surface area (Å²) in [6, 6.07) is 10.3. The van der Waals surface area contributed by atoms with Gasteiger partial charge in [-0.25, -0.2) is 0 Å². The average Bonchev–Trinajstić information content (AvgIpc) is 3.26. The number of furan rings is 1. The average molecular weight is 441 g/mol. The normalized spacial score (nSPS) is 21.6. The molecule has 3 heterocycles. The molecule has 0 saturated carbocycles. The van der Waals surface area contributed by atoms with E-state index in [0.29, 0.717) is 12.5 Å². The number of amides is 1. The predicted molar refractivity (Wildman–Crippen MR) is 123 cm³/mol. The number of likely N-dealkylation sites (tertiary alicyclic amines) is 1. The Labute approximate surface area is 191 Å². The molecule has 2 aliphatic rings. The summed E-state index contributed by atoms with van der Waals surface area (Å²) in [5, 5.41) is 0. The lowest BCUT2D eigenvalue weighted by Gasteiger charge is -2.39. The number of hydrogen-bond donors (Lipinski definition) is 0. The molecule has 4 rings (SSSR count). The molecule has 1 aromatic carbocycles. The molecule has 6 heteroatoms. The van der Waals surface area contributed by atoms with Crippen LogP contribution in [0.15, 0.2) is 47.3 Å². The summed E-state index contributed by atoms with van der Waals surface area (Å²) in [6.07, 6.45) is 7.05. The van der Waals surface area contributed by atoms with Gasteiger partial charge in [0.2, 0.25) is 5.91 Å². The Hall–Kier alpha value is -2.31. The van der Waals surface area contributed by atoms with E-state index in [9.17, 15) is 4.79 Å². The lowest BCUT2D eigenvalue weighted by Crippen LogP contribution is -2.47. The van der Waals surface area contributed by atoms with Crippen molar-refractivity contribution in [2.24, 2.45) is 5.92 Å². The van der Waals surface area contributed by atoms with Gasteiger partial charge in [0.25, 0.3) is 0 Å². The summed E-state index contributed by atoms with van der Waals surface area (Å²) < 4.78 is 17.2. The van der Waals surface area contributed by atoms with Gasteiger partial charge in [-0.2, -0.15) is 0 Å². The van der Waals surface area contributed by atoms with Crippen molar-refractivity contribution in [3.63, 3.8) is 0 Å². The van der Waals surface area contributed by atoms with E-state index in [0.717, 1.165) is 57.6 Å². The molecule has 1 amide bonds. The zero-order valence-electron chi connectivity index (χ0n) is 19.6. The molecule has 6 nitrogen and oxygen atoms in total. The number of rotatable bonds is 7. The molecule has 0 spiro atoms. The van der Waals surface area contributed by atoms with Crippen molar-refractivity contribution < 1.29 is 18.7 Å². The van der Waals surface area contributed by atoms with Crippen LogP contribution in [0.1, 0.15) is 50.7 Å². The van der Waals surface area contributed by atoms with E-state index in [-0.39, 0.29) is 17.6 Å². The monoisotopic (exact) mass is 440 g/mol. The Bertz CT molecular complexity index is 872. The Morgan fingerprint density at radius 1 is 1.16 bits per heavy atom. The molecular weight excluding hydrogens is 404 g/mol. The number of piperidine rings is 1. The van der Waals surface area contributed by atoms with Crippen molar-refractivity contribution in [2.45, 2.75) is 64.3 Å². The summed E-state index contributed by atoms with van der Waals surface area (Å²) in [7, 11) is 2.10. The van der Waals surface area contributed by atoms with Gasteiger partial charge < -0.3 is 18.8 Å². The third-order valence-electron chi connectivity index (χ3n) is 6.49. The second kappa shape index (κ2) is 10.1. The minimum atomic E-state index is -0.197. The van der Waals surface area contributed by atoms with Gasteiger partial charge in [0.15, 0.2) is 0 Å². The van der Waals surface area contributed by atoms with Crippen LogP contribution in [-0.2, 0) is 22.6 Å². The van der Waals surface area contributed by atoms with Gasteiger partial charge in [-0.3, -0.25) is 9.69 Å². The fraction of sp³-hybridized carbons (Fsp3) is 0.577. The molecule has 174 valence electrons. The quantitative estimate of drug-likeness (QED) is 0.635. The summed E-state index contributed by atoms with van der Waals surface area (Å²) in [5.74, 6) is 1.30. The van der Waals surface area contributed by atoms with E-state index in [1.807, 2.05) is 17.0 Å².